The minimum absolute atomic E-state index is 0.223. The van der Waals surface area contributed by atoms with Crippen LogP contribution < -0.4 is 10.1 Å². The van der Waals surface area contributed by atoms with Gasteiger partial charge in [0.2, 0.25) is 0 Å². The fraction of sp³-hybridized carbons (Fsp3) is 0.105. The molecule has 0 saturated carbocycles. The lowest BCUT2D eigenvalue weighted by Gasteiger charge is -2.07. The average Bonchev–Trinajstić information content (AvgIpc) is 2.66. The highest BCUT2D eigenvalue weighted by Gasteiger charge is 2.08. The Kier molecular flexibility index (Phi) is 4.99. The Hall–Kier alpha value is -3.28. The Bertz CT molecular complexity index is 882. The van der Waals surface area contributed by atoms with E-state index in [0.717, 1.165) is 17.0 Å². The molecule has 0 aliphatic heterocycles. The fourth-order valence-electron chi connectivity index (χ4n) is 2.32. The summed E-state index contributed by atoms with van der Waals surface area (Å²) in [7, 11) is 1.61. The van der Waals surface area contributed by atoms with E-state index < -0.39 is 5.82 Å². The van der Waals surface area contributed by atoms with Gasteiger partial charge < -0.3 is 10.1 Å². The second-order valence-electron chi connectivity index (χ2n) is 5.32. The first-order valence-electron chi connectivity index (χ1n) is 7.65. The van der Waals surface area contributed by atoms with Crippen molar-refractivity contribution in [2.45, 2.75) is 6.54 Å². The number of amides is 1. The summed E-state index contributed by atoms with van der Waals surface area (Å²) in [5.74, 6) is -0.0408. The van der Waals surface area contributed by atoms with Crippen molar-refractivity contribution in [3.63, 3.8) is 0 Å². The maximum absolute atomic E-state index is 13.2. The Morgan fingerprint density at radius 1 is 1.12 bits per heavy atom. The van der Waals surface area contributed by atoms with Crippen molar-refractivity contribution in [3.8, 4) is 17.0 Å². The largest absolute Gasteiger partial charge is 0.497 e. The molecule has 0 atom stereocenters. The van der Waals surface area contributed by atoms with Crippen LogP contribution >= 0.6 is 0 Å². The van der Waals surface area contributed by atoms with E-state index in [0.29, 0.717) is 5.69 Å². The molecular formula is C19H16FN3O2. The van der Waals surface area contributed by atoms with Crippen LogP contribution in [0.25, 0.3) is 11.3 Å². The number of nitrogens with zero attached hydrogens (tertiary/aromatic N) is 2. The predicted octanol–water partition coefficient (Wildman–Crippen LogP) is 3.22. The lowest BCUT2D eigenvalue weighted by atomic mass is 10.1. The molecule has 1 heterocycles. The summed E-state index contributed by atoms with van der Waals surface area (Å²) in [6, 6.07) is 14.8. The van der Waals surface area contributed by atoms with Gasteiger partial charge in [0.25, 0.3) is 5.91 Å². The van der Waals surface area contributed by atoms with Crippen molar-refractivity contribution in [1.29, 1.82) is 0 Å². The van der Waals surface area contributed by atoms with Gasteiger partial charge in [-0.3, -0.25) is 4.79 Å². The number of carbonyl (C=O) groups is 1. The SMILES string of the molecule is COc1ccc(-c2cc(CNC(=O)c3cccc(F)c3)ncn2)cc1. The average molecular weight is 337 g/mol. The molecule has 1 N–H and O–H groups in total. The van der Waals surface area contributed by atoms with Gasteiger partial charge >= 0.3 is 0 Å². The summed E-state index contributed by atoms with van der Waals surface area (Å²) >= 11 is 0. The number of halogens is 1. The maximum atomic E-state index is 13.2. The molecule has 0 aliphatic carbocycles. The lowest BCUT2D eigenvalue weighted by molar-refractivity contribution is 0.0950. The first-order chi connectivity index (χ1) is 12.2. The minimum Gasteiger partial charge on any atom is -0.497 e. The molecule has 25 heavy (non-hydrogen) atoms. The molecule has 3 rings (SSSR count). The smallest absolute Gasteiger partial charge is 0.251 e. The second kappa shape index (κ2) is 7.53. The lowest BCUT2D eigenvalue weighted by Crippen LogP contribution is -2.23. The first kappa shape index (κ1) is 16.6. The zero-order valence-corrected chi connectivity index (χ0v) is 13.6. The molecule has 0 saturated heterocycles. The van der Waals surface area contributed by atoms with E-state index in [9.17, 15) is 9.18 Å². The molecule has 5 nitrogen and oxygen atoms in total. The molecule has 0 radical (unpaired) electrons. The molecule has 0 bridgehead atoms. The van der Waals surface area contributed by atoms with Gasteiger partial charge in [-0.05, 0) is 48.5 Å². The van der Waals surface area contributed by atoms with Crippen molar-refractivity contribution in [1.82, 2.24) is 15.3 Å². The van der Waals surface area contributed by atoms with E-state index in [2.05, 4.69) is 15.3 Å². The number of hydrogen-bond donors (Lipinski definition) is 1. The summed E-state index contributed by atoms with van der Waals surface area (Å²) in [6.07, 6.45) is 1.45. The molecular weight excluding hydrogens is 321 g/mol. The van der Waals surface area contributed by atoms with Crippen LogP contribution in [0, 0.1) is 5.82 Å². The molecule has 0 spiro atoms. The third kappa shape index (κ3) is 4.17. The van der Waals surface area contributed by atoms with E-state index in [1.807, 2.05) is 24.3 Å². The van der Waals surface area contributed by atoms with Gasteiger partial charge in [0.15, 0.2) is 0 Å². The molecule has 1 aromatic heterocycles. The van der Waals surface area contributed by atoms with Crippen molar-refractivity contribution < 1.29 is 13.9 Å². The van der Waals surface area contributed by atoms with Crippen molar-refractivity contribution in [2.24, 2.45) is 0 Å². The van der Waals surface area contributed by atoms with Gasteiger partial charge in [-0.2, -0.15) is 0 Å². The molecule has 3 aromatic rings. The number of nitrogens with one attached hydrogen (secondary N) is 1. The molecule has 0 fully saturated rings. The summed E-state index contributed by atoms with van der Waals surface area (Å²) < 4.78 is 18.3. The Morgan fingerprint density at radius 3 is 2.64 bits per heavy atom. The summed E-state index contributed by atoms with van der Waals surface area (Å²) in [6.45, 7) is 0.223. The topological polar surface area (TPSA) is 64.1 Å². The second-order valence-corrected chi connectivity index (χ2v) is 5.32. The normalized spacial score (nSPS) is 10.3. The van der Waals surface area contributed by atoms with E-state index in [4.69, 9.17) is 4.74 Å². The van der Waals surface area contributed by atoms with Crippen molar-refractivity contribution >= 4 is 5.91 Å². The van der Waals surface area contributed by atoms with Gasteiger partial charge in [-0.25, -0.2) is 14.4 Å². The van der Waals surface area contributed by atoms with Gasteiger partial charge in [0.1, 0.15) is 17.9 Å². The summed E-state index contributed by atoms with van der Waals surface area (Å²) in [5.41, 5.74) is 2.59. The fourth-order valence-corrected chi connectivity index (χ4v) is 2.32. The number of benzene rings is 2. The van der Waals surface area contributed by atoms with Crippen molar-refractivity contribution in [2.75, 3.05) is 7.11 Å². The maximum Gasteiger partial charge on any atom is 0.251 e. The monoisotopic (exact) mass is 337 g/mol. The standard InChI is InChI=1S/C19H16FN3O2/c1-25-17-7-5-13(6-8-17)18-10-16(22-12-23-18)11-21-19(24)14-3-2-4-15(20)9-14/h2-10,12H,11H2,1H3,(H,21,24). The van der Waals surface area contributed by atoms with Crippen LogP contribution in [-0.4, -0.2) is 23.0 Å². The van der Waals surface area contributed by atoms with Crippen molar-refractivity contribution in [3.05, 3.63) is 78.0 Å². The Morgan fingerprint density at radius 2 is 1.92 bits per heavy atom. The van der Waals surface area contributed by atoms with Gasteiger partial charge in [0, 0.05) is 11.1 Å². The number of methoxy groups -OCH3 is 1. The molecule has 6 heteroatoms. The first-order valence-corrected chi connectivity index (χ1v) is 7.65. The van der Waals surface area contributed by atoms with Crippen LogP contribution in [0.15, 0.2) is 60.9 Å². The van der Waals surface area contributed by atoms with Crippen LogP contribution in [-0.2, 0) is 6.54 Å². The Balaban J connectivity index is 1.70. The van der Waals surface area contributed by atoms with Crippen LogP contribution in [0.4, 0.5) is 4.39 Å². The van der Waals surface area contributed by atoms with E-state index in [-0.39, 0.29) is 18.0 Å². The number of hydrogen-bond acceptors (Lipinski definition) is 4. The van der Waals surface area contributed by atoms with Gasteiger partial charge in [0.05, 0.1) is 25.0 Å². The Labute approximate surface area is 144 Å². The van der Waals surface area contributed by atoms with E-state index in [1.165, 1.54) is 24.5 Å². The molecule has 1 amide bonds. The number of ether oxygens (including phenoxy) is 1. The predicted molar refractivity (Wildman–Crippen MR) is 91.6 cm³/mol. The molecule has 126 valence electrons. The number of carbonyl (C=O) groups excluding carboxylic acids is 1. The van der Waals surface area contributed by atoms with Crippen LogP contribution in [0.1, 0.15) is 16.1 Å². The molecule has 0 aliphatic rings. The number of rotatable bonds is 5. The third-order valence-electron chi connectivity index (χ3n) is 3.63. The zero-order valence-electron chi connectivity index (χ0n) is 13.6. The summed E-state index contributed by atoms with van der Waals surface area (Å²) in [4.78, 5) is 20.5. The van der Waals surface area contributed by atoms with E-state index in [1.54, 1.807) is 19.2 Å². The highest BCUT2D eigenvalue weighted by atomic mass is 19.1. The third-order valence-corrected chi connectivity index (χ3v) is 3.63. The van der Waals surface area contributed by atoms with E-state index >= 15 is 0 Å². The van der Waals surface area contributed by atoms with Gasteiger partial charge in [-0.15, -0.1) is 0 Å². The minimum atomic E-state index is -0.448. The highest BCUT2D eigenvalue weighted by molar-refractivity contribution is 5.94. The highest BCUT2D eigenvalue weighted by Crippen LogP contribution is 2.20. The molecule has 0 unspecified atom stereocenters. The van der Waals surface area contributed by atoms with Gasteiger partial charge in [-0.1, -0.05) is 6.07 Å². The summed E-state index contributed by atoms with van der Waals surface area (Å²) in [5, 5.41) is 2.72. The van der Waals surface area contributed by atoms with Crippen LogP contribution in [0.5, 0.6) is 5.75 Å². The zero-order chi connectivity index (χ0) is 17.6. The van der Waals surface area contributed by atoms with Crippen LogP contribution in [0.2, 0.25) is 0 Å². The number of aromatic nitrogens is 2. The molecule has 2 aromatic carbocycles. The quantitative estimate of drug-likeness (QED) is 0.776. The van der Waals surface area contributed by atoms with Crippen LogP contribution in [0.3, 0.4) is 0 Å².